The summed E-state index contributed by atoms with van der Waals surface area (Å²) in [5.74, 6) is 0.172. The number of imide groups is 1. The van der Waals surface area contributed by atoms with Crippen LogP contribution in [0.5, 0.6) is 0 Å². The smallest absolute Gasteiger partial charge is 0.322 e. The minimum atomic E-state index is -0.723. The fraction of sp³-hybridized carbons (Fsp3) is 0.526. The molecule has 0 saturated carbocycles. The van der Waals surface area contributed by atoms with Gasteiger partial charge in [0.25, 0.3) is 5.91 Å². The highest BCUT2D eigenvalue weighted by molar-refractivity contribution is 6.05. The van der Waals surface area contributed by atoms with Gasteiger partial charge in [-0.3, -0.25) is 14.9 Å². The average molecular weight is 343 g/mol. The molecule has 2 heterocycles. The number of benzene rings is 1. The van der Waals surface area contributed by atoms with Gasteiger partial charge in [0.15, 0.2) is 0 Å². The molecule has 1 aromatic rings. The van der Waals surface area contributed by atoms with Crippen molar-refractivity contribution in [2.45, 2.75) is 45.1 Å². The quantitative estimate of drug-likeness (QED) is 0.800. The first-order valence-electron chi connectivity index (χ1n) is 8.96. The van der Waals surface area contributed by atoms with Crippen molar-refractivity contribution in [1.29, 1.82) is 0 Å². The number of amides is 4. The fourth-order valence-electron chi connectivity index (χ4n) is 3.50. The zero-order valence-corrected chi connectivity index (χ0v) is 14.6. The lowest BCUT2D eigenvalue weighted by Crippen LogP contribution is -2.42. The number of likely N-dealkylation sites (tertiary alicyclic amines) is 1. The van der Waals surface area contributed by atoms with Gasteiger partial charge < -0.3 is 10.2 Å². The maximum atomic E-state index is 12.3. The van der Waals surface area contributed by atoms with Crippen LogP contribution < -0.4 is 10.6 Å². The fourth-order valence-corrected chi connectivity index (χ4v) is 3.50. The number of hydrogen-bond acceptors (Lipinski definition) is 3. The standard InChI is InChI=1S/C19H25N3O3/c1-13-2-4-14(5-3-13)6-7-15-8-10-22(11-9-15)17(23)12-16-18(24)21-19(25)20-16/h2-5,15-16H,6-12H2,1H3,(H2,20,21,24,25)/t16-/m0/s1. The third kappa shape index (κ3) is 4.59. The minimum Gasteiger partial charge on any atom is -0.343 e. The number of carbonyl (C=O) groups excluding carboxylic acids is 3. The molecule has 2 aliphatic rings. The van der Waals surface area contributed by atoms with Crippen LogP contribution in [-0.2, 0) is 16.0 Å². The number of nitrogens with zero attached hydrogens (tertiary/aromatic N) is 1. The van der Waals surface area contributed by atoms with Gasteiger partial charge in [-0.05, 0) is 44.1 Å². The van der Waals surface area contributed by atoms with Crippen molar-refractivity contribution >= 4 is 17.8 Å². The van der Waals surface area contributed by atoms with E-state index in [0.717, 1.165) is 38.8 Å². The Kier molecular flexibility index (Phi) is 5.36. The molecule has 134 valence electrons. The Balaban J connectivity index is 1.40. The Labute approximate surface area is 148 Å². The number of nitrogens with one attached hydrogen (secondary N) is 2. The molecule has 1 atom stereocenters. The lowest BCUT2D eigenvalue weighted by molar-refractivity contribution is -0.135. The molecule has 0 aliphatic carbocycles. The Morgan fingerprint density at radius 3 is 2.44 bits per heavy atom. The van der Waals surface area contributed by atoms with E-state index in [0.29, 0.717) is 5.92 Å². The molecule has 25 heavy (non-hydrogen) atoms. The van der Waals surface area contributed by atoms with Crippen molar-refractivity contribution in [3.05, 3.63) is 35.4 Å². The second kappa shape index (κ2) is 7.68. The van der Waals surface area contributed by atoms with Crippen molar-refractivity contribution in [1.82, 2.24) is 15.5 Å². The molecule has 3 rings (SSSR count). The molecule has 2 N–H and O–H groups in total. The summed E-state index contributed by atoms with van der Waals surface area (Å²) in [5.41, 5.74) is 2.65. The zero-order chi connectivity index (χ0) is 17.8. The number of urea groups is 1. The van der Waals surface area contributed by atoms with E-state index < -0.39 is 18.0 Å². The van der Waals surface area contributed by atoms with Crippen LogP contribution in [0.4, 0.5) is 4.79 Å². The van der Waals surface area contributed by atoms with Gasteiger partial charge >= 0.3 is 6.03 Å². The summed E-state index contributed by atoms with van der Waals surface area (Å²) in [5, 5.41) is 4.64. The Morgan fingerprint density at radius 2 is 1.84 bits per heavy atom. The lowest BCUT2D eigenvalue weighted by atomic mass is 9.90. The minimum absolute atomic E-state index is 0.0472. The number of hydrogen-bond donors (Lipinski definition) is 2. The summed E-state index contributed by atoms with van der Waals surface area (Å²) in [6.45, 7) is 3.57. The second-order valence-corrected chi connectivity index (χ2v) is 7.07. The monoisotopic (exact) mass is 343 g/mol. The maximum Gasteiger partial charge on any atom is 0.322 e. The van der Waals surface area contributed by atoms with Crippen LogP contribution in [-0.4, -0.2) is 41.9 Å². The van der Waals surface area contributed by atoms with Gasteiger partial charge in [0.2, 0.25) is 5.91 Å². The van der Waals surface area contributed by atoms with Gasteiger partial charge in [-0.25, -0.2) is 4.79 Å². The highest BCUT2D eigenvalue weighted by atomic mass is 16.2. The molecule has 6 heteroatoms. The Morgan fingerprint density at radius 1 is 1.16 bits per heavy atom. The van der Waals surface area contributed by atoms with Gasteiger partial charge in [0.1, 0.15) is 6.04 Å². The van der Waals surface area contributed by atoms with Crippen LogP contribution in [0.25, 0.3) is 0 Å². The highest BCUT2D eigenvalue weighted by Crippen LogP contribution is 2.23. The first-order valence-corrected chi connectivity index (χ1v) is 8.96. The van der Waals surface area contributed by atoms with Crippen LogP contribution in [0.2, 0.25) is 0 Å². The van der Waals surface area contributed by atoms with E-state index >= 15 is 0 Å². The topological polar surface area (TPSA) is 78.5 Å². The molecule has 0 aromatic heterocycles. The molecule has 2 aliphatic heterocycles. The SMILES string of the molecule is Cc1ccc(CCC2CCN(C(=O)C[C@@H]3NC(=O)NC3=O)CC2)cc1. The van der Waals surface area contributed by atoms with E-state index in [2.05, 4.69) is 41.8 Å². The Hall–Kier alpha value is -2.37. The molecular formula is C19H25N3O3. The summed E-state index contributed by atoms with van der Waals surface area (Å²) in [4.78, 5) is 36.8. The van der Waals surface area contributed by atoms with Crippen molar-refractivity contribution in [2.24, 2.45) is 5.92 Å². The molecule has 2 fully saturated rings. The Bertz CT molecular complexity index is 648. The highest BCUT2D eigenvalue weighted by Gasteiger charge is 2.33. The van der Waals surface area contributed by atoms with Gasteiger partial charge in [-0.15, -0.1) is 0 Å². The summed E-state index contributed by atoms with van der Waals surface area (Å²) in [6, 6.07) is 7.43. The van der Waals surface area contributed by atoms with E-state index in [1.165, 1.54) is 11.1 Å². The number of aryl methyl sites for hydroxylation is 2. The van der Waals surface area contributed by atoms with E-state index in [-0.39, 0.29) is 12.3 Å². The second-order valence-electron chi connectivity index (χ2n) is 7.07. The first-order chi connectivity index (χ1) is 12.0. The van der Waals surface area contributed by atoms with Gasteiger partial charge in [0, 0.05) is 13.1 Å². The number of rotatable bonds is 5. The number of piperidine rings is 1. The maximum absolute atomic E-state index is 12.3. The van der Waals surface area contributed by atoms with Crippen LogP contribution in [0.15, 0.2) is 24.3 Å². The van der Waals surface area contributed by atoms with Gasteiger partial charge in [0.05, 0.1) is 6.42 Å². The van der Waals surface area contributed by atoms with Crippen molar-refractivity contribution < 1.29 is 14.4 Å². The van der Waals surface area contributed by atoms with Gasteiger partial charge in [-0.1, -0.05) is 29.8 Å². The predicted octanol–water partition coefficient (Wildman–Crippen LogP) is 1.76. The van der Waals surface area contributed by atoms with Crippen LogP contribution >= 0.6 is 0 Å². The third-order valence-corrected chi connectivity index (χ3v) is 5.17. The first kappa shape index (κ1) is 17.5. The van der Waals surface area contributed by atoms with E-state index in [1.54, 1.807) is 0 Å². The molecular weight excluding hydrogens is 318 g/mol. The van der Waals surface area contributed by atoms with Crippen molar-refractivity contribution in [2.75, 3.05) is 13.1 Å². The predicted molar refractivity (Wildman–Crippen MR) is 93.9 cm³/mol. The molecule has 4 amide bonds. The molecule has 2 saturated heterocycles. The van der Waals surface area contributed by atoms with Crippen LogP contribution in [0.1, 0.15) is 36.8 Å². The molecule has 0 spiro atoms. The van der Waals surface area contributed by atoms with Crippen LogP contribution in [0.3, 0.4) is 0 Å². The molecule has 6 nitrogen and oxygen atoms in total. The van der Waals surface area contributed by atoms with Crippen LogP contribution in [0, 0.1) is 12.8 Å². The average Bonchev–Trinajstić information content (AvgIpc) is 2.92. The van der Waals surface area contributed by atoms with Crippen molar-refractivity contribution in [3.8, 4) is 0 Å². The van der Waals surface area contributed by atoms with E-state index in [9.17, 15) is 14.4 Å². The summed E-state index contributed by atoms with van der Waals surface area (Å²) in [6.07, 6.45) is 4.27. The molecule has 0 bridgehead atoms. The zero-order valence-electron chi connectivity index (χ0n) is 14.6. The van der Waals surface area contributed by atoms with Gasteiger partial charge in [-0.2, -0.15) is 0 Å². The van der Waals surface area contributed by atoms with Crippen molar-refractivity contribution in [3.63, 3.8) is 0 Å². The normalized spacial score (nSPS) is 21.2. The molecule has 0 radical (unpaired) electrons. The summed E-state index contributed by atoms with van der Waals surface area (Å²) in [7, 11) is 0. The number of carbonyl (C=O) groups is 3. The third-order valence-electron chi connectivity index (χ3n) is 5.17. The molecule has 0 unspecified atom stereocenters. The molecule has 1 aromatic carbocycles. The van der Waals surface area contributed by atoms with E-state index in [1.807, 2.05) is 4.90 Å². The summed E-state index contributed by atoms with van der Waals surface area (Å²) < 4.78 is 0. The largest absolute Gasteiger partial charge is 0.343 e. The summed E-state index contributed by atoms with van der Waals surface area (Å²) >= 11 is 0. The van der Waals surface area contributed by atoms with E-state index in [4.69, 9.17) is 0 Å². The lowest BCUT2D eigenvalue weighted by Gasteiger charge is -2.32.